The Morgan fingerprint density at radius 3 is 2.92 bits per heavy atom. The fraction of sp³-hybridized carbons (Fsp3) is 0.350. The second kappa shape index (κ2) is 7.39. The van der Waals surface area contributed by atoms with Crippen molar-refractivity contribution >= 4 is 11.6 Å². The van der Waals surface area contributed by atoms with Crippen LogP contribution in [-0.2, 0) is 11.2 Å². The van der Waals surface area contributed by atoms with Crippen molar-refractivity contribution in [3.63, 3.8) is 0 Å². The molecule has 0 fully saturated rings. The van der Waals surface area contributed by atoms with Gasteiger partial charge in [-0.25, -0.2) is 0 Å². The number of hydrogen-bond donors (Lipinski definition) is 1. The smallest absolute Gasteiger partial charge is 0.239 e. The molecule has 0 bridgehead atoms. The average Bonchev–Trinajstić information content (AvgIpc) is 2.88. The Morgan fingerprint density at radius 1 is 1.25 bits per heavy atom. The molecule has 0 aromatic heterocycles. The summed E-state index contributed by atoms with van der Waals surface area (Å²) in [7, 11) is 0. The van der Waals surface area contributed by atoms with Gasteiger partial charge in [0.25, 0.3) is 0 Å². The van der Waals surface area contributed by atoms with Gasteiger partial charge in [0.1, 0.15) is 12.4 Å². The minimum Gasteiger partial charge on any atom is -0.492 e. The number of carbonyl (C=O) groups is 1. The highest BCUT2D eigenvalue weighted by molar-refractivity contribution is 5.82. The molecule has 0 radical (unpaired) electrons. The lowest BCUT2D eigenvalue weighted by Crippen LogP contribution is -2.41. The van der Waals surface area contributed by atoms with Crippen LogP contribution in [0, 0.1) is 6.92 Å². The molecule has 0 aliphatic carbocycles. The lowest BCUT2D eigenvalue weighted by atomic mass is 10.1. The van der Waals surface area contributed by atoms with Crippen LogP contribution in [-0.4, -0.2) is 31.6 Å². The molecule has 1 atom stereocenters. The molecule has 0 saturated carbocycles. The van der Waals surface area contributed by atoms with Crippen LogP contribution < -0.4 is 15.0 Å². The number of anilines is 1. The first kappa shape index (κ1) is 16.4. The summed E-state index contributed by atoms with van der Waals surface area (Å²) in [4.78, 5) is 14.4. The molecule has 0 unspecified atom stereocenters. The Hall–Kier alpha value is -2.49. The van der Waals surface area contributed by atoms with E-state index in [0.29, 0.717) is 25.7 Å². The molecule has 4 nitrogen and oxygen atoms in total. The second-order valence-corrected chi connectivity index (χ2v) is 6.32. The molecule has 2 aromatic carbocycles. The third kappa shape index (κ3) is 3.88. The Kier molecular flexibility index (Phi) is 5.04. The molecule has 1 amide bonds. The third-order valence-electron chi connectivity index (χ3n) is 4.34. The van der Waals surface area contributed by atoms with Crippen LogP contribution in [0.2, 0.25) is 0 Å². The van der Waals surface area contributed by atoms with E-state index in [1.54, 1.807) is 0 Å². The normalized spacial score (nSPS) is 15.9. The first-order valence-electron chi connectivity index (χ1n) is 8.44. The van der Waals surface area contributed by atoms with Gasteiger partial charge in [0, 0.05) is 11.7 Å². The fourth-order valence-electron chi connectivity index (χ4n) is 3.15. The molecule has 126 valence electrons. The lowest BCUT2D eigenvalue weighted by Gasteiger charge is -2.24. The minimum atomic E-state index is 0.0337. The molecule has 24 heavy (non-hydrogen) atoms. The Balaban J connectivity index is 1.45. The summed E-state index contributed by atoms with van der Waals surface area (Å²) in [6.45, 7) is 5.57. The van der Waals surface area contributed by atoms with Gasteiger partial charge in [-0.3, -0.25) is 4.79 Å². The van der Waals surface area contributed by atoms with Gasteiger partial charge in [-0.1, -0.05) is 30.3 Å². The number of aryl methyl sites for hydroxylation is 1. The van der Waals surface area contributed by atoms with Crippen LogP contribution in [0.25, 0.3) is 0 Å². The van der Waals surface area contributed by atoms with Crippen LogP contribution in [0.4, 0.5) is 5.69 Å². The van der Waals surface area contributed by atoms with Crippen molar-refractivity contribution in [2.45, 2.75) is 26.3 Å². The van der Waals surface area contributed by atoms with Crippen molar-refractivity contribution in [2.75, 3.05) is 24.6 Å². The number of para-hydroxylation sites is 1. The summed E-state index contributed by atoms with van der Waals surface area (Å²) >= 11 is 0. The van der Waals surface area contributed by atoms with Crippen LogP contribution >= 0.6 is 0 Å². The Labute approximate surface area is 143 Å². The van der Waals surface area contributed by atoms with Gasteiger partial charge in [-0.2, -0.15) is 0 Å². The van der Waals surface area contributed by atoms with E-state index in [1.807, 2.05) is 37.3 Å². The maximum absolute atomic E-state index is 12.2. The number of ether oxygens (including phenoxy) is 1. The van der Waals surface area contributed by atoms with Gasteiger partial charge in [-0.15, -0.1) is 0 Å². The van der Waals surface area contributed by atoms with Crippen LogP contribution in [0.15, 0.2) is 48.5 Å². The summed E-state index contributed by atoms with van der Waals surface area (Å²) in [5.74, 6) is 0.873. The SMILES string of the molecule is Cc1cccc(OCCNC(=O)CN2c3ccccc3C[C@H]2C)c1. The zero-order valence-corrected chi connectivity index (χ0v) is 14.3. The molecule has 0 spiro atoms. The molecule has 4 heteroatoms. The third-order valence-corrected chi connectivity index (χ3v) is 4.34. The highest BCUT2D eigenvalue weighted by atomic mass is 16.5. The number of nitrogens with zero attached hydrogens (tertiary/aromatic N) is 1. The van der Waals surface area contributed by atoms with Crippen molar-refractivity contribution in [3.05, 3.63) is 59.7 Å². The lowest BCUT2D eigenvalue weighted by molar-refractivity contribution is -0.119. The van der Waals surface area contributed by atoms with Gasteiger partial charge in [-0.05, 0) is 49.6 Å². The van der Waals surface area contributed by atoms with Crippen molar-refractivity contribution in [1.29, 1.82) is 0 Å². The summed E-state index contributed by atoms with van der Waals surface area (Å²) in [5.41, 5.74) is 3.66. The number of benzene rings is 2. The summed E-state index contributed by atoms with van der Waals surface area (Å²) in [5, 5.41) is 2.94. The Bertz CT molecular complexity index is 714. The maximum Gasteiger partial charge on any atom is 0.239 e. The molecule has 1 heterocycles. The monoisotopic (exact) mass is 324 g/mol. The molecular weight excluding hydrogens is 300 g/mol. The van der Waals surface area contributed by atoms with Crippen molar-refractivity contribution in [1.82, 2.24) is 5.32 Å². The first-order chi connectivity index (χ1) is 11.6. The number of carbonyl (C=O) groups excluding carboxylic acids is 1. The molecule has 0 saturated heterocycles. The zero-order chi connectivity index (χ0) is 16.9. The van der Waals surface area contributed by atoms with Crippen molar-refractivity contribution in [2.24, 2.45) is 0 Å². The molecular formula is C20H24N2O2. The highest BCUT2D eigenvalue weighted by Gasteiger charge is 2.26. The van der Waals surface area contributed by atoms with E-state index in [0.717, 1.165) is 12.2 Å². The van der Waals surface area contributed by atoms with E-state index in [9.17, 15) is 4.79 Å². The predicted octanol–water partition coefficient (Wildman–Crippen LogP) is 2.94. The van der Waals surface area contributed by atoms with E-state index in [4.69, 9.17) is 4.74 Å². The van der Waals surface area contributed by atoms with Crippen LogP contribution in [0.5, 0.6) is 5.75 Å². The Morgan fingerprint density at radius 2 is 2.08 bits per heavy atom. The molecule has 1 aliphatic heterocycles. The molecule has 1 N–H and O–H groups in total. The van der Waals surface area contributed by atoms with E-state index >= 15 is 0 Å². The van der Waals surface area contributed by atoms with Gasteiger partial charge in [0.2, 0.25) is 5.91 Å². The predicted molar refractivity (Wildman–Crippen MR) is 96.6 cm³/mol. The standard InChI is InChI=1S/C20H24N2O2/c1-15-6-5-8-18(12-15)24-11-10-21-20(23)14-22-16(2)13-17-7-3-4-9-19(17)22/h3-9,12,16H,10-11,13-14H2,1-2H3,(H,21,23)/t16-/m1/s1. The van der Waals surface area contributed by atoms with E-state index in [-0.39, 0.29) is 5.91 Å². The summed E-state index contributed by atoms with van der Waals surface area (Å²) in [6, 6.07) is 16.6. The van der Waals surface area contributed by atoms with E-state index < -0.39 is 0 Å². The molecule has 2 aromatic rings. The number of amides is 1. The van der Waals surface area contributed by atoms with Crippen molar-refractivity contribution < 1.29 is 9.53 Å². The summed E-state index contributed by atoms with van der Waals surface area (Å²) in [6.07, 6.45) is 1.000. The number of nitrogens with one attached hydrogen (secondary N) is 1. The highest BCUT2D eigenvalue weighted by Crippen LogP contribution is 2.31. The fourth-order valence-corrected chi connectivity index (χ4v) is 3.15. The number of fused-ring (bicyclic) bond motifs is 1. The quantitative estimate of drug-likeness (QED) is 0.831. The zero-order valence-electron chi connectivity index (χ0n) is 14.3. The second-order valence-electron chi connectivity index (χ2n) is 6.32. The summed E-state index contributed by atoms with van der Waals surface area (Å²) < 4.78 is 5.66. The molecule has 3 rings (SSSR count). The largest absolute Gasteiger partial charge is 0.492 e. The topological polar surface area (TPSA) is 41.6 Å². The van der Waals surface area contributed by atoms with Gasteiger partial charge in [0.05, 0.1) is 13.1 Å². The molecule has 1 aliphatic rings. The van der Waals surface area contributed by atoms with Gasteiger partial charge in [0.15, 0.2) is 0 Å². The van der Waals surface area contributed by atoms with Gasteiger partial charge < -0.3 is 15.0 Å². The van der Waals surface area contributed by atoms with Crippen LogP contribution in [0.3, 0.4) is 0 Å². The van der Waals surface area contributed by atoms with E-state index in [1.165, 1.54) is 16.8 Å². The number of rotatable bonds is 6. The maximum atomic E-state index is 12.2. The first-order valence-corrected chi connectivity index (χ1v) is 8.44. The van der Waals surface area contributed by atoms with Gasteiger partial charge >= 0.3 is 0 Å². The van der Waals surface area contributed by atoms with E-state index in [2.05, 4.69) is 35.3 Å². The number of hydrogen-bond acceptors (Lipinski definition) is 3. The van der Waals surface area contributed by atoms with Crippen LogP contribution in [0.1, 0.15) is 18.1 Å². The van der Waals surface area contributed by atoms with Crippen molar-refractivity contribution in [3.8, 4) is 5.75 Å². The average molecular weight is 324 g/mol. The minimum absolute atomic E-state index is 0.0337.